The smallest absolute Gasteiger partial charge is 0.211 e. The van der Waals surface area contributed by atoms with Crippen molar-refractivity contribution in [1.29, 1.82) is 0 Å². The number of amidine groups is 1. The fourth-order valence-corrected chi connectivity index (χ4v) is 4.37. The molecule has 25 heavy (non-hydrogen) atoms. The summed E-state index contributed by atoms with van der Waals surface area (Å²) in [6, 6.07) is 7.18. The minimum absolute atomic E-state index is 0.270. The van der Waals surface area contributed by atoms with Gasteiger partial charge in [0.05, 0.1) is 5.03 Å². The Morgan fingerprint density at radius 1 is 1.16 bits per heavy atom. The number of fused-ring (bicyclic) bond motifs is 1. The molecule has 0 aromatic heterocycles. The van der Waals surface area contributed by atoms with Crippen molar-refractivity contribution in [2.24, 2.45) is 16.5 Å². The lowest BCUT2D eigenvalue weighted by Crippen LogP contribution is -2.50. The first-order chi connectivity index (χ1) is 12.0. The third-order valence-corrected chi connectivity index (χ3v) is 6.06. The Kier molecular flexibility index (Phi) is 4.48. The third-order valence-electron chi connectivity index (χ3n) is 5.76. The second-order valence-corrected chi connectivity index (χ2v) is 7.76. The van der Waals surface area contributed by atoms with Crippen LogP contribution in [0, 0.1) is 0 Å². The van der Waals surface area contributed by atoms with Crippen molar-refractivity contribution in [3.63, 3.8) is 0 Å². The van der Waals surface area contributed by atoms with Crippen LogP contribution < -0.4 is 16.8 Å². The van der Waals surface area contributed by atoms with Gasteiger partial charge < -0.3 is 16.0 Å². The number of halogens is 1. The lowest BCUT2D eigenvalue weighted by Gasteiger charge is -2.30. The van der Waals surface area contributed by atoms with Crippen LogP contribution in [0.25, 0.3) is 0 Å². The van der Waals surface area contributed by atoms with Crippen molar-refractivity contribution < 1.29 is 0 Å². The molecule has 6 heteroatoms. The molecule has 5 N–H and O–H groups in total. The van der Waals surface area contributed by atoms with Crippen molar-refractivity contribution in [2.45, 2.75) is 50.4 Å². The number of rotatable bonds is 2. The molecule has 134 valence electrons. The Bertz CT molecular complexity index is 723. The molecule has 0 saturated carbocycles. The maximum atomic E-state index is 6.44. The first-order valence-corrected chi connectivity index (χ1v) is 9.57. The second kappa shape index (κ2) is 6.63. The van der Waals surface area contributed by atoms with Gasteiger partial charge in [-0.1, -0.05) is 23.7 Å². The van der Waals surface area contributed by atoms with Gasteiger partial charge in [0.2, 0.25) is 5.79 Å². The van der Waals surface area contributed by atoms with Gasteiger partial charge in [-0.25, -0.2) is 4.99 Å². The molecule has 3 aliphatic rings. The number of aliphatic imine (C=N–C) groups is 1. The number of likely N-dealkylation sites (tertiary alicyclic amines) is 1. The fraction of sp³-hybridized carbons (Fsp3) is 0.526. The maximum Gasteiger partial charge on any atom is 0.211 e. The van der Waals surface area contributed by atoms with E-state index in [0.717, 1.165) is 18.4 Å². The van der Waals surface area contributed by atoms with Crippen LogP contribution in [0.2, 0.25) is 0 Å². The summed E-state index contributed by atoms with van der Waals surface area (Å²) in [6.07, 6.45) is 9.03. The molecular weight excluding hydrogens is 334 g/mol. The highest BCUT2D eigenvalue weighted by Gasteiger charge is 2.31. The van der Waals surface area contributed by atoms with E-state index in [1.165, 1.54) is 49.9 Å². The highest BCUT2D eigenvalue weighted by Crippen LogP contribution is 2.30. The molecule has 0 bridgehead atoms. The van der Waals surface area contributed by atoms with Crippen LogP contribution in [0.3, 0.4) is 0 Å². The van der Waals surface area contributed by atoms with Crippen LogP contribution in [0.15, 0.2) is 34.4 Å². The van der Waals surface area contributed by atoms with Crippen LogP contribution in [-0.4, -0.2) is 29.9 Å². The summed E-state index contributed by atoms with van der Waals surface area (Å²) in [5, 5.41) is 3.47. The Balaban J connectivity index is 1.56. The van der Waals surface area contributed by atoms with Gasteiger partial charge in [-0.2, -0.15) is 0 Å². The molecule has 4 rings (SSSR count). The van der Waals surface area contributed by atoms with E-state index in [-0.39, 0.29) is 5.84 Å². The Hall–Kier alpha value is -1.56. The zero-order valence-electron chi connectivity index (χ0n) is 14.5. The van der Waals surface area contributed by atoms with Gasteiger partial charge in [0.1, 0.15) is 5.84 Å². The average Bonchev–Trinajstić information content (AvgIpc) is 3.05. The molecule has 1 aromatic rings. The fourth-order valence-electron chi connectivity index (χ4n) is 4.27. The topological polar surface area (TPSA) is 79.7 Å². The lowest BCUT2D eigenvalue weighted by atomic mass is 9.97. The predicted molar refractivity (Wildman–Crippen MR) is 102 cm³/mol. The number of hydrogen-bond donors (Lipinski definition) is 3. The van der Waals surface area contributed by atoms with Crippen LogP contribution in [-0.2, 0) is 18.6 Å². The third kappa shape index (κ3) is 3.28. The summed E-state index contributed by atoms with van der Waals surface area (Å²) in [7, 11) is 0. The molecule has 1 fully saturated rings. The standard InChI is InChI=1S/C19H26ClN5/c20-17-12-23-19(22,24-18(17)21)15-6-3-13-4-7-16(8-5-14(13)11-15)25-9-1-2-10-25/h3,6,11-12,16,23H,1-2,4-5,7-10,22H2,(H2,21,24). The maximum absolute atomic E-state index is 6.44. The van der Waals surface area contributed by atoms with Crippen molar-refractivity contribution in [1.82, 2.24) is 10.2 Å². The van der Waals surface area contributed by atoms with Gasteiger partial charge in [-0.3, -0.25) is 5.73 Å². The normalized spacial score (nSPS) is 30.1. The van der Waals surface area contributed by atoms with Gasteiger partial charge in [-0.05, 0) is 68.8 Å². The number of nitrogens with zero attached hydrogens (tertiary/aromatic N) is 2. The van der Waals surface area contributed by atoms with Gasteiger partial charge in [0, 0.05) is 17.8 Å². The van der Waals surface area contributed by atoms with E-state index in [1.54, 1.807) is 6.20 Å². The first kappa shape index (κ1) is 16.9. The van der Waals surface area contributed by atoms with Crippen LogP contribution in [0.4, 0.5) is 0 Å². The number of nitrogens with one attached hydrogen (secondary N) is 1. The van der Waals surface area contributed by atoms with E-state index in [4.69, 9.17) is 23.1 Å². The summed E-state index contributed by atoms with van der Waals surface area (Å²) in [4.78, 5) is 7.05. The minimum atomic E-state index is -1.04. The van der Waals surface area contributed by atoms with Gasteiger partial charge in [0.25, 0.3) is 0 Å². The molecule has 0 radical (unpaired) electrons. The molecule has 2 heterocycles. The molecule has 2 aliphatic heterocycles. The quantitative estimate of drug-likeness (QED) is 0.707. The number of aryl methyl sites for hydroxylation is 2. The highest BCUT2D eigenvalue weighted by atomic mass is 35.5. The van der Waals surface area contributed by atoms with Gasteiger partial charge >= 0.3 is 0 Å². The lowest BCUT2D eigenvalue weighted by molar-refractivity contribution is 0.222. The minimum Gasteiger partial charge on any atom is -0.383 e. The average molecular weight is 360 g/mol. The SMILES string of the molecule is NC1=NC(N)(c2ccc3c(c2)CCC(N2CCCC2)CC3)NC=C1Cl. The van der Waals surface area contributed by atoms with E-state index in [2.05, 4.69) is 33.4 Å². The second-order valence-electron chi connectivity index (χ2n) is 7.36. The molecule has 5 nitrogen and oxygen atoms in total. The number of nitrogens with two attached hydrogens (primary N) is 2. The monoisotopic (exact) mass is 359 g/mol. The molecule has 1 aromatic carbocycles. The number of benzene rings is 1. The summed E-state index contributed by atoms with van der Waals surface area (Å²) in [5.74, 6) is -0.773. The highest BCUT2D eigenvalue weighted by molar-refractivity contribution is 6.43. The summed E-state index contributed by atoms with van der Waals surface area (Å²) in [5.41, 5.74) is 16.1. The van der Waals surface area contributed by atoms with Crippen molar-refractivity contribution in [2.75, 3.05) is 13.1 Å². The summed E-state index contributed by atoms with van der Waals surface area (Å²) in [6.45, 7) is 2.53. The van der Waals surface area contributed by atoms with Crippen molar-refractivity contribution in [3.05, 3.63) is 46.1 Å². The Labute approximate surface area is 154 Å². The molecule has 0 amide bonds. The molecular formula is C19H26ClN5. The summed E-state index contributed by atoms with van der Waals surface area (Å²) < 4.78 is 0. The Morgan fingerprint density at radius 3 is 2.60 bits per heavy atom. The van der Waals surface area contributed by atoms with Crippen LogP contribution in [0.1, 0.15) is 42.4 Å². The molecule has 1 aliphatic carbocycles. The zero-order valence-corrected chi connectivity index (χ0v) is 15.2. The van der Waals surface area contributed by atoms with Gasteiger partial charge in [0.15, 0.2) is 0 Å². The molecule has 0 spiro atoms. The molecule has 2 atom stereocenters. The zero-order chi connectivity index (χ0) is 17.4. The van der Waals surface area contributed by atoms with E-state index in [0.29, 0.717) is 11.1 Å². The van der Waals surface area contributed by atoms with Gasteiger partial charge in [-0.15, -0.1) is 0 Å². The number of hydrogen-bond acceptors (Lipinski definition) is 5. The van der Waals surface area contributed by atoms with E-state index >= 15 is 0 Å². The molecule has 2 unspecified atom stereocenters. The van der Waals surface area contributed by atoms with Crippen LogP contribution >= 0.6 is 11.6 Å². The summed E-state index contributed by atoms with van der Waals surface area (Å²) >= 11 is 5.98. The van der Waals surface area contributed by atoms with E-state index < -0.39 is 5.79 Å². The predicted octanol–water partition coefficient (Wildman–Crippen LogP) is 2.14. The first-order valence-electron chi connectivity index (χ1n) is 9.19. The Morgan fingerprint density at radius 2 is 1.88 bits per heavy atom. The molecule has 1 saturated heterocycles. The van der Waals surface area contributed by atoms with Crippen LogP contribution in [0.5, 0.6) is 0 Å². The van der Waals surface area contributed by atoms with E-state index in [9.17, 15) is 0 Å². The largest absolute Gasteiger partial charge is 0.383 e. The van der Waals surface area contributed by atoms with Crippen molar-refractivity contribution >= 4 is 17.4 Å². The van der Waals surface area contributed by atoms with Crippen molar-refractivity contribution in [3.8, 4) is 0 Å². The van der Waals surface area contributed by atoms with E-state index in [1.807, 2.05) is 0 Å².